The molecule has 56 heavy (non-hydrogen) atoms. The first-order valence-corrected chi connectivity index (χ1v) is 18.9. The first-order valence-electron chi connectivity index (χ1n) is 18.6. The monoisotopic (exact) mass is 756 g/mol. The highest BCUT2D eigenvalue weighted by molar-refractivity contribution is 6.32. The van der Waals surface area contributed by atoms with E-state index in [1.807, 2.05) is 41.1 Å². The lowest BCUT2D eigenvalue weighted by Crippen LogP contribution is -2.52. The van der Waals surface area contributed by atoms with Crippen molar-refractivity contribution in [1.29, 1.82) is 5.26 Å². The van der Waals surface area contributed by atoms with Gasteiger partial charge in [0.2, 0.25) is 11.8 Å². The van der Waals surface area contributed by atoms with Gasteiger partial charge in [-0.2, -0.15) is 10.4 Å². The number of fused-ring (bicyclic) bond motifs is 1. The summed E-state index contributed by atoms with van der Waals surface area (Å²) in [5.41, 5.74) is 10.8. The van der Waals surface area contributed by atoms with Crippen LogP contribution in [0, 0.1) is 54.8 Å². The summed E-state index contributed by atoms with van der Waals surface area (Å²) < 4.78 is 1.99. The van der Waals surface area contributed by atoms with Gasteiger partial charge >= 0.3 is 0 Å². The molecule has 1 N–H and O–H groups in total. The van der Waals surface area contributed by atoms with Gasteiger partial charge in [-0.25, -0.2) is 0 Å². The summed E-state index contributed by atoms with van der Waals surface area (Å²) in [7, 11) is 0. The van der Waals surface area contributed by atoms with Crippen LogP contribution in [0.15, 0.2) is 84.9 Å². The molecular formula is C46H37ClN6O3. The van der Waals surface area contributed by atoms with E-state index in [4.69, 9.17) is 16.7 Å². The maximum Gasteiger partial charge on any atom is 0.255 e. The molecule has 0 bridgehead atoms. The van der Waals surface area contributed by atoms with Crippen molar-refractivity contribution < 1.29 is 14.4 Å². The molecule has 3 aliphatic heterocycles. The molecule has 276 valence electrons. The Morgan fingerprint density at radius 1 is 0.839 bits per heavy atom. The van der Waals surface area contributed by atoms with Crippen molar-refractivity contribution in [1.82, 2.24) is 24.9 Å². The quantitative estimate of drug-likeness (QED) is 0.159. The largest absolute Gasteiger partial charge is 0.322 e. The Morgan fingerprint density at radius 2 is 1.52 bits per heavy atom. The van der Waals surface area contributed by atoms with Crippen molar-refractivity contribution in [3.05, 3.63) is 146 Å². The van der Waals surface area contributed by atoms with E-state index < -0.39 is 11.9 Å². The number of hydrogen-bond acceptors (Lipinski definition) is 6. The topological polar surface area (TPSA) is 111 Å². The van der Waals surface area contributed by atoms with Crippen molar-refractivity contribution in [3.63, 3.8) is 0 Å². The fourth-order valence-electron chi connectivity index (χ4n) is 7.39. The Hall–Kier alpha value is -6.44. The average molecular weight is 757 g/mol. The molecular weight excluding hydrogens is 720 g/mol. The molecule has 4 aromatic carbocycles. The lowest BCUT2D eigenvalue weighted by molar-refractivity contribution is -0.136. The van der Waals surface area contributed by atoms with Crippen LogP contribution in [-0.2, 0) is 29.2 Å². The summed E-state index contributed by atoms with van der Waals surface area (Å²) in [4.78, 5) is 41.0. The van der Waals surface area contributed by atoms with Crippen LogP contribution in [0.5, 0.6) is 0 Å². The minimum Gasteiger partial charge on any atom is -0.322 e. The maximum atomic E-state index is 13.1. The Kier molecular flexibility index (Phi) is 10.0. The van der Waals surface area contributed by atoms with Crippen LogP contribution in [0.25, 0.3) is 11.3 Å². The van der Waals surface area contributed by atoms with E-state index in [9.17, 15) is 19.6 Å². The molecule has 10 heteroatoms. The van der Waals surface area contributed by atoms with Gasteiger partial charge in [-0.05, 0) is 91.1 Å². The summed E-state index contributed by atoms with van der Waals surface area (Å²) in [6, 6.07) is 29.2. The third kappa shape index (κ3) is 7.59. The fourth-order valence-corrected chi connectivity index (χ4v) is 7.61. The molecule has 8 rings (SSSR count). The van der Waals surface area contributed by atoms with E-state index in [0.717, 1.165) is 70.0 Å². The van der Waals surface area contributed by atoms with Gasteiger partial charge in [0.15, 0.2) is 0 Å². The number of rotatable bonds is 6. The maximum absolute atomic E-state index is 13.1. The van der Waals surface area contributed by atoms with Gasteiger partial charge in [-0.3, -0.25) is 29.3 Å². The van der Waals surface area contributed by atoms with Crippen LogP contribution in [-0.4, -0.2) is 56.4 Å². The second-order valence-corrected chi connectivity index (χ2v) is 15.0. The Balaban J connectivity index is 0.815. The third-order valence-corrected chi connectivity index (χ3v) is 11.1. The number of halogens is 1. The zero-order valence-electron chi connectivity index (χ0n) is 31.0. The lowest BCUT2D eigenvalue weighted by atomic mass is 9.98. The van der Waals surface area contributed by atoms with Crippen LogP contribution < -0.4 is 5.32 Å². The molecule has 0 spiro atoms. The van der Waals surface area contributed by atoms with Crippen LogP contribution in [0.2, 0.25) is 5.02 Å². The molecule has 0 aliphatic carbocycles. The van der Waals surface area contributed by atoms with E-state index in [1.54, 1.807) is 17.0 Å². The molecule has 3 amide bonds. The van der Waals surface area contributed by atoms with Gasteiger partial charge < -0.3 is 4.90 Å². The minimum absolute atomic E-state index is 0.185. The molecule has 0 saturated carbocycles. The molecule has 2 saturated heterocycles. The first kappa shape index (κ1) is 36.5. The predicted octanol–water partition coefficient (Wildman–Crippen LogP) is 6.38. The number of likely N-dealkylation sites (tertiary alicyclic amines) is 1. The van der Waals surface area contributed by atoms with Crippen molar-refractivity contribution in [2.24, 2.45) is 5.92 Å². The molecule has 5 aromatic rings. The number of carbonyl (C=O) groups excluding carboxylic acids is 3. The van der Waals surface area contributed by atoms with E-state index in [-0.39, 0.29) is 24.2 Å². The third-order valence-electron chi connectivity index (χ3n) is 10.8. The van der Waals surface area contributed by atoms with Gasteiger partial charge in [0.05, 0.1) is 22.8 Å². The number of nitrogens with zero attached hydrogens (tertiary/aromatic N) is 5. The summed E-state index contributed by atoms with van der Waals surface area (Å²) >= 11 is 6.29. The van der Waals surface area contributed by atoms with Crippen molar-refractivity contribution >= 4 is 29.3 Å². The van der Waals surface area contributed by atoms with Crippen LogP contribution >= 0.6 is 11.6 Å². The SMILES string of the molecule is Cc1c(-c2ccc(C#N)c(Cl)c2)nn(Cc2ccc(C#Cc3ccc(CN4CC(C#Cc5ccc6c(c5)C(=O)N(C5CCC(=O)NC5=O)C6)C4)cc3)cc2)c1C. The Morgan fingerprint density at radius 3 is 2.18 bits per heavy atom. The number of nitriles is 1. The Bertz CT molecular complexity index is 2570. The fraction of sp³-hybridized carbons (Fsp3) is 0.239. The molecule has 9 nitrogen and oxygen atoms in total. The van der Waals surface area contributed by atoms with Crippen LogP contribution in [0.1, 0.15) is 73.4 Å². The highest BCUT2D eigenvalue weighted by Gasteiger charge is 2.39. The number of amides is 3. The summed E-state index contributed by atoms with van der Waals surface area (Å²) in [6.07, 6.45) is 0.585. The van der Waals surface area contributed by atoms with E-state index >= 15 is 0 Å². The zero-order valence-corrected chi connectivity index (χ0v) is 31.8. The van der Waals surface area contributed by atoms with Gasteiger partial charge in [0, 0.05) is 72.0 Å². The Labute approximate surface area is 330 Å². The number of carbonyl (C=O) groups is 3. The van der Waals surface area contributed by atoms with E-state index in [1.165, 1.54) is 5.56 Å². The molecule has 4 heterocycles. The normalized spacial score (nSPS) is 16.6. The molecule has 1 aromatic heterocycles. The summed E-state index contributed by atoms with van der Waals surface area (Å²) in [5.74, 6) is 12.6. The van der Waals surface area contributed by atoms with Crippen molar-refractivity contribution in [3.8, 4) is 41.0 Å². The number of piperidine rings is 1. The van der Waals surface area contributed by atoms with E-state index in [2.05, 4.69) is 90.2 Å². The summed E-state index contributed by atoms with van der Waals surface area (Å²) in [5, 5.41) is 16.9. The molecule has 1 unspecified atom stereocenters. The summed E-state index contributed by atoms with van der Waals surface area (Å²) in [6.45, 7) is 7.70. The number of aromatic nitrogens is 2. The minimum atomic E-state index is -0.620. The number of hydrogen-bond donors (Lipinski definition) is 1. The molecule has 0 radical (unpaired) electrons. The van der Waals surface area contributed by atoms with Gasteiger partial charge in [0.1, 0.15) is 12.1 Å². The number of imide groups is 1. The van der Waals surface area contributed by atoms with Gasteiger partial charge in [-0.1, -0.05) is 71.7 Å². The predicted molar refractivity (Wildman–Crippen MR) is 213 cm³/mol. The van der Waals surface area contributed by atoms with Crippen LogP contribution in [0.4, 0.5) is 0 Å². The van der Waals surface area contributed by atoms with E-state index in [0.29, 0.717) is 35.7 Å². The second kappa shape index (κ2) is 15.4. The molecule has 2 fully saturated rings. The van der Waals surface area contributed by atoms with Crippen molar-refractivity contribution in [2.45, 2.75) is 52.4 Å². The number of nitrogens with one attached hydrogen (secondary N) is 1. The standard InChI is InChI=1S/C46H37ClN6O3/c1-29-30(2)53(50-44(29)37-17-18-38(23-48)41(47)22-37)27-35-12-7-32(8-13-35)4-3-31-5-10-34(11-6-31)24-51-25-36(26-51)14-9-33-15-16-39-28-52(46(56)40(39)21-33)42-19-20-43(54)49-45(42)55/h5-8,10-13,15-18,21-22,36,42H,19-20,24-28H2,1-2H3,(H,49,54,55). The first-order chi connectivity index (χ1) is 27.1. The van der Waals surface area contributed by atoms with Gasteiger partial charge in [-0.15, -0.1) is 0 Å². The van der Waals surface area contributed by atoms with Gasteiger partial charge in [0.25, 0.3) is 5.91 Å². The molecule has 3 aliphatic rings. The van der Waals surface area contributed by atoms with Crippen LogP contribution in [0.3, 0.4) is 0 Å². The molecule has 1 atom stereocenters. The highest BCUT2D eigenvalue weighted by Crippen LogP contribution is 2.30. The highest BCUT2D eigenvalue weighted by atomic mass is 35.5. The zero-order chi connectivity index (χ0) is 38.9. The smallest absolute Gasteiger partial charge is 0.255 e. The lowest BCUT2D eigenvalue weighted by Gasteiger charge is -2.36. The second-order valence-electron chi connectivity index (χ2n) is 14.6. The number of benzene rings is 4. The average Bonchev–Trinajstić information content (AvgIpc) is 3.66. The van der Waals surface area contributed by atoms with Crippen molar-refractivity contribution in [2.75, 3.05) is 13.1 Å².